The van der Waals surface area contributed by atoms with Crippen molar-refractivity contribution in [2.45, 2.75) is 38.6 Å². The summed E-state index contributed by atoms with van der Waals surface area (Å²) in [4.78, 5) is 19.1. The molecule has 2 heterocycles. The normalized spacial score (nSPS) is 26.5. The highest BCUT2D eigenvalue weighted by Gasteiger charge is 2.25. The molecule has 0 radical (unpaired) electrons. The van der Waals surface area contributed by atoms with Gasteiger partial charge < -0.3 is 10.0 Å². The highest BCUT2D eigenvalue weighted by molar-refractivity contribution is 5.78. The summed E-state index contributed by atoms with van der Waals surface area (Å²) in [7, 11) is 0. The van der Waals surface area contributed by atoms with Crippen LogP contribution in [0.15, 0.2) is 0 Å². The van der Waals surface area contributed by atoms with Crippen molar-refractivity contribution in [2.75, 3.05) is 52.4 Å². The maximum atomic E-state index is 12.4. The fraction of sp³-hybridized carbons (Fsp3) is 0.933. The Hall–Kier alpha value is -0.650. The molecule has 20 heavy (non-hydrogen) atoms. The molecule has 2 aliphatic heterocycles. The van der Waals surface area contributed by atoms with Crippen LogP contribution in [0.2, 0.25) is 0 Å². The van der Waals surface area contributed by atoms with E-state index in [1.165, 1.54) is 6.42 Å². The van der Waals surface area contributed by atoms with Gasteiger partial charge in [-0.3, -0.25) is 14.6 Å². The van der Waals surface area contributed by atoms with Crippen LogP contribution in [0, 0.1) is 0 Å². The molecule has 2 rings (SSSR count). The lowest BCUT2D eigenvalue weighted by Gasteiger charge is -2.35. The van der Waals surface area contributed by atoms with Gasteiger partial charge >= 0.3 is 0 Å². The van der Waals surface area contributed by atoms with Crippen molar-refractivity contribution >= 4 is 5.91 Å². The van der Waals surface area contributed by atoms with Gasteiger partial charge in [-0.2, -0.15) is 0 Å². The molecule has 0 aliphatic carbocycles. The zero-order chi connectivity index (χ0) is 14.4. The van der Waals surface area contributed by atoms with Gasteiger partial charge in [-0.05, 0) is 45.7 Å². The van der Waals surface area contributed by atoms with Gasteiger partial charge in [0.05, 0.1) is 13.2 Å². The summed E-state index contributed by atoms with van der Waals surface area (Å²) < 4.78 is 0. The average Bonchev–Trinajstić information content (AvgIpc) is 2.65. The van der Waals surface area contributed by atoms with Crippen LogP contribution in [-0.4, -0.2) is 84.2 Å². The van der Waals surface area contributed by atoms with Gasteiger partial charge in [-0.25, -0.2) is 0 Å². The third-order valence-corrected chi connectivity index (χ3v) is 4.58. The van der Waals surface area contributed by atoms with Crippen molar-refractivity contribution < 1.29 is 9.90 Å². The second kappa shape index (κ2) is 7.96. The molecule has 0 saturated carbocycles. The van der Waals surface area contributed by atoms with E-state index in [2.05, 4.69) is 21.6 Å². The SMILES string of the molecule is CC1CCCCN1C(=O)CN1CCCN(CCO)CC1. The van der Waals surface area contributed by atoms with E-state index in [0.717, 1.165) is 58.5 Å². The Bertz CT molecular complexity index is 311. The van der Waals surface area contributed by atoms with E-state index in [4.69, 9.17) is 5.11 Å². The Morgan fingerprint density at radius 3 is 2.55 bits per heavy atom. The van der Waals surface area contributed by atoms with E-state index in [-0.39, 0.29) is 6.61 Å². The molecule has 1 atom stereocenters. The summed E-state index contributed by atoms with van der Waals surface area (Å²) in [5, 5.41) is 9.00. The largest absolute Gasteiger partial charge is 0.395 e. The lowest BCUT2D eigenvalue weighted by Crippen LogP contribution is -2.47. The molecule has 1 N–H and O–H groups in total. The molecule has 0 aromatic carbocycles. The molecule has 0 aromatic heterocycles. The third kappa shape index (κ3) is 4.43. The Labute approximate surface area is 122 Å². The minimum Gasteiger partial charge on any atom is -0.395 e. The van der Waals surface area contributed by atoms with Gasteiger partial charge in [0.1, 0.15) is 0 Å². The fourth-order valence-electron chi connectivity index (χ4n) is 3.30. The molecular formula is C15H29N3O2. The van der Waals surface area contributed by atoms with Crippen LogP contribution >= 0.6 is 0 Å². The van der Waals surface area contributed by atoms with Crippen LogP contribution in [0.25, 0.3) is 0 Å². The van der Waals surface area contributed by atoms with Crippen LogP contribution < -0.4 is 0 Å². The number of piperidine rings is 1. The maximum Gasteiger partial charge on any atom is 0.236 e. The first kappa shape index (κ1) is 15.7. The first-order chi connectivity index (χ1) is 9.70. The van der Waals surface area contributed by atoms with Gasteiger partial charge in [0, 0.05) is 32.2 Å². The van der Waals surface area contributed by atoms with Gasteiger partial charge in [0.25, 0.3) is 0 Å². The number of hydrogen-bond donors (Lipinski definition) is 1. The van der Waals surface area contributed by atoms with Crippen LogP contribution in [0.3, 0.4) is 0 Å². The summed E-state index contributed by atoms with van der Waals surface area (Å²) in [6.45, 7) is 8.58. The van der Waals surface area contributed by atoms with E-state index < -0.39 is 0 Å². The van der Waals surface area contributed by atoms with Crippen molar-refractivity contribution in [2.24, 2.45) is 0 Å². The predicted molar refractivity (Wildman–Crippen MR) is 79.6 cm³/mol. The highest BCUT2D eigenvalue weighted by atomic mass is 16.3. The van der Waals surface area contributed by atoms with Gasteiger partial charge in [-0.1, -0.05) is 0 Å². The molecule has 0 bridgehead atoms. The second-order valence-corrected chi connectivity index (χ2v) is 6.13. The third-order valence-electron chi connectivity index (χ3n) is 4.58. The first-order valence-corrected chi connectivity index (χ1v) is 8.05. The molecule has 2 fully saturated rings. The molecule has 5 nitrogen and oxygen atoms in total. The van der Waals surface area contributed by atoms with Gasteiger partial charge in [-0.15, -0.1) is 0 Å². The van der Waals surface area contributed by atoms with Crippen molar-refractivity contribution in [3.63, 3.8) is 0 Å². The van der Waals surface area contributed by atoms with Crippen molar-refractivity contribution in [1.29, 1.82) is 0 Å². The van der Waals surface area contributed by atoms with E-state index in [1.807, 2.05) is 0 Å². The Morgan fingerprint density at radius 1 is 1.05 bits per heavy atom. The highest BCUT2D eigenvalue weighted by Crippen LogP contribution is 2.16. The molecular weight excluding hydrogens is 254 g/mol. The number of β-amino-alcohol motifs (C(OH)–C–C–N with tert-alkyl or cyclic N) is 1. The number of aliphatic hydroxyl groups excluding tert-OH is 1. The number of nitrogens with zero attached hydrogens (tertiary/aromatic N) is 3. The zero-order valence-electron chi connectivity index (χ0n) is 12.8. The first-order valence-electron chi connectivity index (χ1n) is 8.05. The molecule has 1 amide bonds. The minimum atomic E-state index is 0.226. The molecule has 1 unspecified atom stereocenters. The van der Waals surface area contributed by atoms with Gasteiger partial charge in [0.2, 0.25) is 5.91 Å². The second-order valence-electron chi connectivity index (χ2n) is 6.13. The topological polar surface area (TPSA) is 47.0 Å². The summed E-state index contributed by atoms with van der Waals surface area (Å²) in [6, 6.07) is 0.411. The molecule has 0 spiro atoms. The lowest BCUT2D eigenvalue weighted by atomic mass is 10.0. The number of likely N-dealkylation sites (tertiary alicyclic amines) is 1. The van der Waals surface area contributed by atoms with Crippen LogP contribution in [0.4, 0.5) is 0 Å². The molecule has 2 saturated heterocycles. The number of carbonyl (C=O) groups excluding carboxylic acids is 1. The van der Waals surface area contributed by atoms with E-state index in [1.54, 1.807) is 0 Å². The molecule has 116 valence electrons. The number of aliphatic hydroxyl groups is 1. The molecule has 0 aromatic rings. The van der Waals surface area contributed by atoms with Crippen molar-refractivity contribution in [3.05, 3.63) is 0 Å². The van der Waals surface area contributed by atoms with Crippen molar-refractivity contribution in [3.8, 4) is 0 Å². The summed E-state index contributed by atoms with van der Waals surface area (Å²) >= 11 is 0. The lowest BCUT2D eigenvalue weighted by molar-refractivity contribution is -0.135. The standard InChI is InChI=1S/C15H29N3O2/c1-14-5-2-3-8-18(14)15(20)13-17-7-4-6-16(9-10-17)11-12-19/h14,19H,2-13H2,1H3. The average molecular weight is 283 g/mol. The minimum absolute atomic E-state index is 0.226. The maximum absolute atomic E-state index is 12.4. The number of rotatable bonds is 4. The smallest absolute Gasteiger partial charge is 0.236 e. The summed E-state index contributed by atoms with van der Waals surface area (Å²) in [6.07, 6.45) is 4.64. The van der Waals surface area contributed by atoms with E-state index in [0.29, 0.717) is 18.5 Å². The fourth-order valence-corrected chi connectivity index (χ4v) is 3.30. The van der Waals surface area contributed by atoms with Crippen LogP contribution in [0.5, 0.6) is 0 Å². The molecule has 2 aliphatic rings. The van der Waals surface area contributed by atoms with Crippen LogP contribution in [-0.2, 0) is 4.79 Å². The van der Waals surface area contributed by atoms with Crippen LogP contribution in [0.1, 0.15) is 32.6 Å². The monoisotopic (exact) mass is 283 g/mol. The Balaban J connectivity index is 1.79. The van der Waals surface area contributed by atoms with E-state index in [9.17, 15) is 4.79 Å². The Morgan fingerprint density at radius 2 is 1.80 bits per heavy atom. The van der Waals surface area contributed by atoms with E-state index >= 15 is 0 Å². The summed E-state index contributed by atoms with van der Waals surface area (Å²) in [5.41, 5.74) is 0. The Kier molecular flexibility index (Phi) is 6.26. The number of amides is 1. The number of hydrogen-bond acceptors (Lipinski definition) is 4. The zero-order valence-corrected chi connectivity index (χ0v) is 12.8. The van der Waals surface area contributed by atoms with Crippen molar-refractivity contribution in [1.82, 2.24) is 14.7 Å². The summed E-state index contributed by atoms with van der Waals surface area (Å²) in [5.74, 6) is 0.299. The molecule has 5 heteroatoms. The quantitative estimate of drug-likeness (QED) is 0.811. The predicted octanol–water partition coefficient (Wildman–Crippen LogP) is 0.387. The van der Waals surface area contributed by atoms with Gasteiger partial charge in [0.15, 0.2) is 0 Å². The number of carbonyl (C=O) groups is 1.